The van der Waals surface area contributed by atoms with Gasteiger partial charge >= 0.3 is 18.0 Å². The molecule has 0 aliphatic carbocycles. The van der Waals surface area contributed by atoms with Gasteiger partial charge in [0.25, 0.3) is 0 Å². The predicted octanol–water partition coefficient (Wildman–Crippen LogP) is 7.18. The lowest BCUT2D eigenvalue weighted by atomic mass is 9.74. The van der Waals surface area contributed by atoms with E-state index >= 15 is 9.59 Å². The molecule has 4 N–H and O–H groups in total. The molecule has 0 saturated carbocycles. The third-order valence-corrected chi connectivity index (χ3v) is 19.0. The number of hydrogen-bond acceptors (Lipinski definition) is 22. The van der Waals surface area contributed by atoms with Gasteiger partial charge in [-0.1, -0.05) is 92.6 Å². The fourth-order valence-electron chi connectivity index (χ4n) is 13.0. The molecule has 4 saturated heterocycles. The zero-order chi connectivity index (χ0) is 67.5. The van der Waals surface area contributed by atoms with Gasteiger partial charge in [-0.25, -0.2) is 17.9 Å². The highest BCUT2D eigenvalue weighted by Crippen LogP contribution is 2.41. The summed E-state index contributed by atoms with van der Waals surface area (Å²) < 4.78 is 101. The van der Waals surface area contributed by atoms with Crippen LogP contribution in [0.3, 0.4) is 0 Å². The first-order valence-corrected chi connectivity index (χ1v) is 33.5. The summed E-state index contributed by atoms with van der Waals surface area (Å²) in [6.07, 6.45) is -14.8. The fraction of sp³-hybridized carbons (Fsp3) is 0.831. The molecule has 1 aromatic rings. The Bertz CT molecular complexity index is 2610. The number of sulfonamides is 1. The van der Waals surface area contributed by atoms with E-state index in [1.165, 1.54) is 40.4 Å². The van der Waals surface area contributed by atoms with E-state index in [-0.39, 0.29) is 66.5 Å². The molecule has 516 valence electrons. The van der Waals surface area contributed by atoms with Gasteiger partial charge in [-0.15, -0.1) is 0 Å². The zero-order valence-corrected chi connectivity index (χ0v) is 58.1. The van der Waals surface area contributed by atoms with Crippen molar-refractivity contribution in [2.45, 2.75) is 258 Å². The molecule has 11 unspecified atom stereocenters. The number of oxime groups is 1. The number of methoxy groups -OCH3 is 2. The number of alkyl carbamates (subject to hydrolysis) is 1. The van der Waals surface area contributed by atoms with Gasteiger partial charge in [-0.2, -0.15) is 0 Å². The van der Waals surface area contributed by atoms with Crippen molar-refractivity contribution in [3.63, 3.8) is 0 Å². The van der Waals surface area contributed by atoms with Crippen molar-refractivity contribution in [2.24, 2.45) is 52.0 Å². The van der Waals surface area contributed by atoms with E-state index in [1.54, 1.807) is 80.5 Å². The standard InChI is InChI=1S/C65H110N4O20S/c1-35(2)27-48(70)85-54-42(9)53(37(4)32-81-61-57(79-20)56(78-19)50(71)45(12)84-61)87-59(74)44(11)55(86-49-28-38(5)69(31-40(7)82-49)34-63(13,14)15)41(8)52(88-60-51(72)47(68-80-21)29-39(6)83-60)36(3)30-65(18,58(73)43(54)10)89-62(75)67-64(16,17)33-66-90(76,77)46-25-23-22-24-26-46/h22-26,35-45,49-57,60-61,66,71-72H,27-34H2,1-21H3,(H,67,75)/t36?,37?,38-,39-,40+,41?,42?,43?,44?,45-,49+,50-,51-,52?,53?,54?,55?,56-,57-,60+,61-,65?/m1/s1. The van der Waals surface area contributed by atoms with Gasteiger partial charge in [-0.05, 0) is 91.2 Å². The summed E-state index contributed by atoms with van der Waals surface area (Å²) in [5.41, 5.74) is -3.25. The molecule has 1 aromatic carbocycles. The molecule has 25 heteroatoms. The van der Waals surface area contributed by atoms with E-state index in [0.717, 1.165) is 6.54 Å². The third-order valence-electron chi connectivity index (χ3n) is 17.6. The lowest BCUT2D eigenvalue weighted by molar-refractivity contribution is -0.305. The number of aliphatic hydroxyl groups excluding tert-OH is 2. The lowest BCUT2D eigenvalue weighted by Crippen LogP contribution is -2.59. The molecule has 0 spiro atoms. The highest BCUT2D eigenvalue weighted by atomic mass is 32.2. The first-order valence-electron chi connectivity index (χ1n) is 32.0. The summed E-state index contributed by atoms with van der Waals surface area (Å²) in [7, 11) is 0.209. The number of aliphatic hydroxyl groups is 2. The molecule has 90 heavy (non-hydrogen) atoms. The molecule has 24 nitrogen and oxygen atoms in total. The number of esters is 2. The van der Waals surface area contributed by atoms with Crippen molar-refractivity contribution in [1.82, 2.24) is 14.9 Å². The second kappa shape index (κ2) is 32.9. The summed E-state index contributed by atoms with van der Waals surface area (Å²) >= 11 is 0. The molecular weight excluding hydrogens is 1190 g/mol. The van der Waals surface area contributed by atoms with Gasteiger partial charge in [0.15, 0.2) is 30.3 Å². The predicted molar refractivity (Wildman–Crippen MR) is 334 cm³/mol. The number of nitrogens with zero attached hydrogens (tertiary/aromatic N) is 2. The number of ether oxygens (including phenoxy) is 11. The molecule has 4 fully saturated rings. The molecule has 0 bridgehead atoms. The lowest BCUT2D eigenvalue weighted by Gasteiger charge is -2.45. The Kier molecular flexibility index (Phi) is 28.1. The first-order chi connectivity index (χ1) is 41.9. The minimum atomic E-state index is -4.04. The minimum Gasteiger partial charge on any atom is -0.461 e. The van der Waals surface area contributed by atoms with Crippen molar-refractivity contribution in [3.05, 3.63) is 30.3 Å². The molecule has 4 aliphatic heterocycles. The Hall–Kier alpha value is -3.96. The van der Waals surface area contributed by atoms with Crippen LogP contribution in [0.25, 0.3) is 0 Å². The van der Waals surface area contributed by atoms with Crippen LogP contribution in [0.2, 0.25) is 0 Å². The van der Waals surface area contributed by atoms with Gasteiger partial charge in [0.05, 0.1) is 65.1 Å². The quantitative estimate of drug-likeness (QED) is 0.0538. The number of benzene rings is 1. The Morgan fingerprint density at radius 3 is 2.06 bits per heavy atom. The van der Waals surface area contributed by atoms with Gasteiger partial charge in [0.2, 0.25) is 10.0 Å². The Balaban J connectivity index is 1.72. The summed E-state index contributed by atoms with van der Waals surface area (Å²) in [4.78, 5) is 68.2. The van der Waals surface area contributed by atoms with Gasteiger partial charge in [0.1, 0.15) is 43.7 Å². The SMILES string of the molecule is CON=C1C[C@@H](C)O[C@@H](OC2C(C)CC(C)(OC(=O)NC(C)(C)CNS(=O)(=O)c3ccccc3)C(=O)C(C)C(OC(=O)CC(C)C)C(C)C(C(C)CO[C@@H]3O[C@H](C)[C@@H](O)[C@@H](OC)[C@H]3OC)OC(=O)C(C)C(O[C@H]3C[C@@H](C)N(CC(C)(C)C)C[C@H](C)O3)C2C)[C@@H]1O. The highest BCUT2D eigenvalue weighted by molar-refractivity contribution is 7.89. The van der Waals surface area contributed by atoms with E-state index < -0.39 is 160 Å². The number of nitrogens with one attached hydrogen (secondary N) is 2. The summed E-state index contributed by atoms with van der Waals surface area (Å²) in [5, 5.41) is 29.9. The molecule has 4 heterocycles. The van der Waals surface area contributed by atoms with Crippen LogP contribution in [0.5, 0.6) is 0 Å². The first kappa shape index (κ1) is 76.7. The molecule has 4 aliphatic rings. The van der Waals surface area contributed by atoms with E-state index in [2.05, 4.69) is 47.8 Å². The smallest absolute Gasteiger partial charge is 0.408 e. The number of ketones is 1. The van der Waals surface area contributed by atoms with Crippen LogP contribution < -0.4 is 10.0 Å². The van der Waals surface area contributed by atoms with Crippen LogP contribution in [0.4, 0.5) is 4.79 Å². The molecular formula is C65H110N4O20S. The van der Waals surface area contributed by atoms with Crippen molar-refractivity contribution < 1.29 is 94.8 Å². The van der Waals surface area contributed by atoms with Crippen LogP contribution in [-0.4, -0.2) is 204 Å². The zero-order valence-electron chi connectivity index (χ0n) is 57.3. The second-order valence-electron chi connectivity index (χ2n) is 28.4. The third kappa shape index (κ3) is 20.8. The summed E-state index contributed by atoms with van der Waals surface area (Å²) in [6, 6.07) is 7.70. The van der Waals surface area contributed by atoms with Gasteiger partial charge < -0.3 is 72.5 Å². The number of Topliss-reactive ketones (excluding diaryl/α,β-unsaturated/α-hetero) is 1. The number of amides is 1. The number of hydrogen-bond donors (Lipinski definition) is 4. The van der Waals surface area contributed by atoms with Gasteiger partial charge in [-0.3, -0.25) is 19.3 Å². The van der Waals surface area contributed by atoms with Gasteiger partial charge in [0, 0.05) is 76.9 Å². The maximum Gasteiger partial charge on any atom is 0.408 e. The highest BCUT2D eigenvalue weighted by Gasteiger charge is 2.53. The van der Waals surface area contributed by atoms with Crippen LogP contribution >= 0.6 is 0 Å². The maximum atomic E-state index is 16.1. The molecule has 0 radical (unpaired) electrons. The number of cyclic esters (lactones) is 1. The van der Waals surface area contributed by atoms with Crippen molar-refractivity contribution in [3.8, 4) is 0 Å². The topological polar surface area (TPSA) is 293 Å². The molecule has 5 rings (SSSR count). The Morgan fingerprint density at radius 2 is 1.46 bits per heavy atom. The minimum absolute atomic E-state index is 0.0130. The van der Waals surface area contributed by atoms with Crippen molar-refractivity contribution in [1.29, 1.82) is 0 Å². The average molecular weight is 1300 g/mol. The largest absolute Gasteiger partial charge is 0.461 e. The molecule has 0 aromatic heterocycles. The Morgan fingerprint density at radius 1 is 0.811 bits per heavy atom. The Labute approximate surface area is 535 Å². The maximum absolute atomic E-state index is 16.1. The van der Waals surface area contributed by atoms with E-state index in [1.807, 2.05) is 27.7 Å². The second-order valence-corrected chi connectivity index (χ2v) is 30.1. The van der Waals surface area contributed by atoms with Crippen LogP contribution in [0.15, 0.2) is 40.4 Å². The summed E-state index contributed by atoms with van der Waals surface area (Å²) in [5.74, 6) is -8.14. The molecule has 1 amide bonds. The number of carbonyl (C=O) groups excluding carboxylic acids is 4. The number of rotatable bonds is 21. The average Bonchev–Trinajstić information content (AvgIpc) is 1.22. The summed E-state index contributed by atoms with van der Waals surface area (Å²) in [6.45, 7) is 33.7. The van der Waals surface area contributed by atoms with E-state index in [4.69, 9.17) is 56.9 Å². The van der Waals surface area contributed by atoms with E-state index in [9.17, 15) is 28.2 Å². The van der Waals surface area contributed by atoms with Crippen LogP contribution in [0.1, 0.15) is 150 Å². The van der Waals surface area contributed by atoms with Crippen molar-refractivity contribution in [2.75, 3.05) is 47.6 Å². The van der Waals surface area contributed by atoms with Crippen molar-refractivity contribution >= 4 is 39.6 Å². The van der Waals surface area contributed by atoms with E-state index in [0.29, 0.717) is 13.0 Å². The number of carbonyl (C=O) groups is 4. The fourth-order valence-corrected chi connectivity index (χ4v) is 14.2. The normalized spacial score (nSPS) is 36.7. The van der Waals surface area contributed by atoms with Crippen LogP contribution in [-0.2, 0) is 81.3 Å². The van der Waals surface area contributed by atoms with Crippen LogP contribution in [0, 0.1) is 46.8 Å². The monoisotopic (exact) mass is 1300 g/mol. The molecule has 22 atom stereocenters.